The zero-order valence-electron chi connectivity index (χ0n) is 12.7. The molecule has 0 aliphatic carbocycles. The summed E-state index contributed by atoms with van der Waals surface area (Å²) in [4.78, 5) is 19.3. The van der Waals surface area contributed by atoms with Crippen LogP contribution in [0.1, 0.15) is 5.56 Å². The van der Waals surface area contributed by atoms with Crippen molar-refractivity contribution >= 4 is 28.8 Å². The molecule has 0 radical (unpaired) electrons. The smallest absolute Gasteiger partial charge is 0.274 e. The number of nitro benzene ring substituents is 1. The maximum atomic E-state index is 11.1. The van der Waals surface area contributed by atoms with E-state index >= 15 is 0 Å². The second-order valence-electron chi connectivity index (χ2n) is 5.10. The lowest BCUT2D eigenvalue weighted by Gasteiger charge is -2.10. The van der Waals surface area contributed by atoms with Gasteiger partial charge in [0.2, 0.25) is 0 Å². The molecule has 1 N–H and O–H groups in total. The Morgan fingerprint density at radius 1 is 1.08 bits per heavy atom. The van der Waals surface area contributed by atoms with E-state index in [2.05, 4.69) is 15.3 Å². The van der Waals surface area contributed by atoms with E-state index in [0.717, 1.165) is 5.56 Å². The molecule has 120 valence electrons. The molecule has 24 heavy (non-hydrogen) atoms. The van der Waals surface area contributed by atoms with Gasteiger partial charge in [-0.05, 0) is 13.0 Å². The molecule has 0 unspecified atom stereocenters. The van der Waals surface area contributed by atoms with Gasteiger partial charge in [0, 0.05) is 23.4 Å². The highest BCUT2D eigenvalue weighted by Gasteiger charge is 2.14. The number of hydrogen-bond donors (Lipinski definition) is 1. The third-order valence-electron chi connectivity index (χ3n) is 3.49. The molecule has 0 amide bonds. The van der Waals surface area contributed by atoms with Crippen molar-refractivity contribution in [1.82, 2.24) is 9.97 Å². The van der Waals surface area contributed by atoms with Crippen LogP contribution >= 0.6 is 11.6 Å². The average Bonchev–Trinajstić information content (AvgIpc) is 2.57. The zero-order chi connectivity index (χ0) is 17.1. The third kappa shape index (κ3) is 3.33. The molecule has 0 aliphatic rings. The van der Waals surface area contributed by atoms with Crippen LogP contribution < -0.4 is 5.32 Å². The van der Waals surface area contributed by atoms with E-state index in [9.17, 15) is 10.1 Å². The number of nitrogens with one attached hydrogen (secondary N) is 1. The highest BCUT2D eigenvalue weighted by atomic mass is 35.5. The molecule has 0 fully saturated rings. The molecule has 0 spiro atoms. The number of nitro groups is 1. The van der Waals surface area contributed by atoms with Gasteiger partial charge in [0.25, 0.3) is 5.69 Å². The number of rotatable bonds is 4. The van der Waals surface area contributed by atoms with Crippen molar-refractivity contribution in [1.29, 1.82) is 0 Å². The Balaban J connectivity index is 1.98. The number of aromatic nitrogens is 2. The minimum absolute atomic E-state index is 0.0448. The van der Waals surface area contributed by atoms with Gasteiger partial charge in [-0.1, -0.05) is 48.0 Å². The van der Waals surface area contributed by atoms with Crippen LogP contribution in [0.5, 0.6) is 0 Å². The van der Waals surface area contributed by atoms with Crippen LogP contribution in [-0.4, -0.2) is 14.9 Å². The van der Waals surface area contributed by atoms with E-state index in [1.54, 1.807) is 25.1 Å². The normalized spacial score (nSPS) is 10.4. The fourth-order valence-corrected chi connectivity index (χ4v) is 2.48. The van der Waals surface area contributed by atoms with Gasteiger partial charge in [-0.25, -0.2) is 9.97 Å². The summed E-state index contributed by atoms with van der Waals surface area (Å²) in [6.45, 7) is 1.68. The van der Waals surface area contributed by atoms with E-state index in [-0.39, 0.29) is 10.8 Å². The Bertz CT molecular complexity index is 900. The van der Waals surface area contributed by atoms with Gasteiger partial charge < -0.3 is 5.32 Å². The topological polar surface area (TPSA) is 81.0 Å². The second-order valence-corrected chi connectivity index (χ2v) is 5.48. The maximum absolute atomic E-state index is 11.1. The molecule has 7 heteroatoms. The van der Waals surface area contributed by atoms with E-state index in [1.165, 1.54) is 6.07 Å². The molecule has 0 bridgehead atoms. The first kappa shape index (κ1) is 15.9. The SMILES string of the molecule is Cc1c(Nc2cc(Cl)nc(-c3ccccc3)n2)cccc1[N+](=O)[O-]. The number of halogens is 1. The summed E-state index contributed by atoms with van der Waals surface area (Å²) in [5.74, 6) is 0.950. The van der Waals surface area contributed by atoms with Crippen LogP contribution in [0.3, 0.4) is 0 Å². The number of benzene rings is 2. The lowest BCUT2D eigenvalue weighted by molar-refractivity contribution is -0.385. The molecule has 0 saturated heterocycles. The Hall–Kier alpha value is -2.99. The Labute approximate surface area is 143 Å². The van der Waals surface area contributed by atoms with Gasteiger partial charge in [-0.3, -0.25) is 10.1 Å². The molecule has 3 aromatic rings. The van der Waals surface area contributed by atoms with E-state index < -0.39 is 4.92 Å². The molecule has 1 heterocycles. The minimum atomic E-state index is -0.414. The first-order chi connectivity index (χ1) is 11.5. The largest absolute Gasteiger partial charge is 0.340 e. The summed E-state index contributed by atoms with van der Waals surface area (Å²) in [5, 5.41) is 14.4. The van der Waals surface area contributed by atoms with Crippen LogP contribution in [0.25, 0.3) is 11.4 Å². The fraction of sp³-hybridized carbons (Fsp3) is 0.0588. The summed E-state index contributed by atoms with van der Waals surface area (Å²) in [6, 6.07) is 15.8. The zero-order valence-corrected chi connectivity index (χ0v) is 13.5. The molecular formula is C17H13ClN4O2. The van der Waals surface area contributed by atoms with Crippen molar-refractivity contribution in [3.63, 3.8) is 0 Å². The maximum Gasteiger partial charge on any atom is 0.274 e. The molecule has 0 aliphatic heterocycles. The van der Waals surface area contributed by atoms with Crippen LogP contribution in [-0.2, 0) is 0 Å². The van der Waals surface area contributed by atoms with Gasteiger partial charge in [0.15, 0.2) is 5.82 Å². The van der Waals surface area contributed by atoms with Gasteiger partial charge in [-0.2, -0.15) is 0 Å². The molecule has 0 saturated carbocycles. The predicted octanol–water partition coefficient (Wildman–Crippen LogP) is 4.76. The quantitative estimate of drug-likeness (QED) is 0.421. The van der Waals surface area contributed by atoms with Crippen LogP contribution in [0.2, 0.25) is 5.15 Å². The van der Waals surface area contributed by atoms with Crippen LogP contribution in [0.15, 0.2) is 54.6 Å². The lowest BCUT2D eigenvalue weighted by atomic mass is 10.1. The molecule has 1 aromatic heterocycles. The Morgan fingerprint density at radius 2 is 1.83 bits per heavy atom. The fourth-order valence-electron chi connectivity index (χ4n) is 2.29. The lowest BCUT2D eigenvalue weighted by Crippen LogP contribution is -2.01. The molecule has 6 nitrogen and oxygen atoms in total. The summed E-state index contributed by atoms with van der Waals surface area (Å²) in [5.41, 5.74) is 2.00. The van der Waals surface area contributed by atoms with Gasteiger partial charge in [0.05, 0.1) is 10.5 Å². The van der Waals surface area contributed by atoms with Crippen LogP contribution in [0.4, 0.5) is 17.2 Å². The number of anilines is 2. The van der Waals surface area contributed by atoms with Gasteiger partial charge in [-0.15, -0.1) is 0 Å². The van der Waals surface area contributed by atoms with Crippen molar-refractivity contribution in [3.05, 3.63) is 75.4 Å². The highest BCUT2D eigenvalue weighted by Crippen LogP contribution is 2.28. The summed E-state index contributed by atoms with van der Waals surface area (Å²) < 4.78 is 0. The first-order valence-corrected chi connectivity index (χ1v) is 7.53. The van der Waals surface area contributed by atoms with E-state index in [0.29, 0.717) is 22.9 Å². The van der Waals surface area contributed by atoms with E-state index in [1.807, 2.05) is 30.3 Å². The number of hydrogen-bond acceptors (Lipinski definition) is 5. The van der Waals surface area contributed by atoms with Gasteiger partial charge >= 0.3 is 0 Å². The predicted molar refractivity (Wildman–Crippen MR) is 93.6 cm³/mol. The van der Waals surface area contributed by atoms with Crippen molar-refractivity contribution < 1.29 is 4.92 Å². The molecular weight excluding hydrogens is 328 g/mol. The van der Waals surface area contributed by atoms with Crippen molar-refractivity contribution in [2.75, 3.05) is 5.32 Å². The van der Waals surface area contributed by atoms with Crippen molar-refractivity contribution in [2.45, 2.75) is 6.92 Å². The third-order valence-corrected chi connectivity index (χ3v) is 3.69. The summed E-state index contributed by atoms with van der Waals surface area (Å²) in [7, 11) is 0. The standard InChI is InChI=1S/C17H13ClN4O2/c1-11-13(8-5-9-14(11)22(23)24)19-16-10-15(18)20-17(21-16)12-6-3-2-4-7-12/h2-10H,1H3,(H,19,20,21). The van der Waals surface area contributed by atoms with Crippen LogP contribution in [0, 0.1) is 17.0 Å². The van der Waals surface area contributed by atoms with Crippen molar-refractivity contribution in [2.24, 2.45) is 0 Å². The highest BCUT2D eigenvalue weighted by molar-refractivity contribution is 6.29. The molecule has 3 rings (SSSR count). The second kappa shape index (κ2) is 6.64. The monoisotopic (exact) mass is 340 g/mol. The molecule has 2 aromatic carbocycles. The van der Waals surface area contributed by atoms with Gasteiger partial charge in [0.1, 0.15) is 11.0 Å². The number of nitrogens with zero attached hydrogens (tertiary/aromatic N) is 3. The first-order valence-electron chi connectivity index (χ1n) is 7.15. The Kier molecular flexibility index (Phi) is 4.39. The van der Waals surface area contributed by atoms with E-state index in [4.69, 9.17) is 11.6 Å². The van der Waals surface area contributed by atoms with Crippen molar-refractivity contribution in [3.8, 4) is 11.4 Å². The summed E-state index contributed by atoms with van der Waals surface area (Å²) >= 11 is 6.09. The average molecular weight is 341 g/mol. The summed E-state index contributed by atoms with van der Waals surface area (Å²) in [6.07, 6.45) is 0. The minimum Gasteiger partial charge on any atom is -0.340 e. The Morgan fingerprint density at radius 3 is 2.54 bits per heavy atom. The molecule has 0 atom stereocenters.